The average molecular weight is 209 g/mol. The van der Waals surface area contributed by atoms with Crippen molar-refractivity contribution < 1.29 is 0 Å². The summed E-state index contributed by atoms with van der Waals surface area (Å²) in [7, 11) is 0. The highest BCUT2D eigenvalue weighted by Crippen LogP contribution is 2.35. The molecule has 0 amide bonds. The van der Waals surface area contributed by atoms with Gasteiger partial charge in [-0.25, -0.2) is 0 Å². The Morgan fingerprint density at radius 1 is 1.13 bits per heavy atom. The predicted octanol–water partition coefficient (Wildman–Crippen LogP) is 3.59. The Balaban J connectivity index is 1.70. The standard InChI is InChI=1S/C14H27N/c1-3-14(12-8-9-12)15-10-13-7-5-4-6-11(13)2/h11-15H,3-10H2,1-2H3. The second kappa shape index (κ2) is 5.34. The lowest BCUT2D eigenvalue weighted by Crippen LogP contribution is -2.37. The van der Waals surface area contributed by atoms with E-state index in [2.05, 4.69) is 19.2 Å². The van der Waals surface area contributed by atoms with Gasteiger partial charge in [0.1, 0.15) is 0 Å². The SMILES string of the molecule is CCC(NCC1CCCCC1C)C1CC1. The van der Waals surface area contributed by atoms with Gasteiger partial charge in [-0.3, -0.25) is 0 Å². The second-order valence-electron chi connectivity index (χ2n) is 5.78. The molecule has 0 aromatic rings. The first kappa shape index (κ1) is 11.4. The molecule has 1 heteroatoms. The van der Waals surface area contributed by atoms with Crippen molar-refractivity contribution in [3.05, 3.63) is 0 Å². The monoisotopic (exact) mass is 209 g/mol. The first-order valence-electron chi connectivity index (χ1n) is 7.04. The Morgan fingerprint density at radius 3 is 2.47 bits per heavy atom. The van der Waals surface area contributed by atoms with Crippen molar-refractivity contribution in [2.24, 2.45) is 17.8 Å². The molecule has 3 unspecified atom stereocenters. The molecular formula is C14H27N. The summed E-state index contributed by atoms with van der Waals surface area (Å²) >= 11 is 0. The molecule has 0 spiro atoms. The topological polar surface area (TPSA) is 12.0 Å². The van der Waals surface area contributed by atoms with E-state index in [9.17, 15) is 0 Å². The van der Waals surface area contributed by atoms with Crippen LogP contribution in [-0.2, 0) is 0 Å². The van der Waals surface area contributed by atoms with E-state index in [0.717, 1.165) is 23.8 Å². The summed E-state index contributed by atoms with van der Waals surface area (Å²) in [6.07, 6.45) is 10.2. The Kier molecular flexibility index (Phi) is 4.07. The highest BCUT2D eigenvalue weighted by Gasteiger charge is 2.30. The summed E-state index contributed by atoms with van der Waals surface area (Å²) in [5.74, 6) is 2.95. The first-order chi connectivity index (χ1) is 7.31. The largest absolute Gasteiger partial charge is 0.313 e. The Labute approximate surface area is 95.0 Å². The van der Waals surface area contributed by atoms with Crippen LogP contribution < -0.4 is 5.32 Å². The third-order valence-corrected chi connectivity index (χ3v) is 4.56. The van der Waals surface area contributed by atoms with Crippen molar-refractivity contribution in [2.45, 2.75) is 64.8 Å². The predicted molar refractivity (Wildman–Crippen MR) is 65.9 cm³/mol. The molecule has 0 bridgehead atoms. The highest BCUT2D eigenvalue weighted by molar-refractivity contribution is 4.86. The fourth-order valence-electron chi connectivity index (χ4n) is 3.14. The summed E-state index contributed by atoms with van der Waals surface area (Å²) < 4.78 is 0. The van der Waals surface area contributed by atoms with Gasteiger partial charge in [-0.05, 0) is 50.0 Å². The highest BCUT2D eigenvalue weighted by atomic mass is 14.9. The molecule has 2 saturated carbocycles. The molecule has 2 aliphatic carbocycles. The van der Waals surface area contributed by atoms with Gasteiger partial charge in [-0.1, -0.05) is 33.1 Å². The number of nitrogens with one attached hydrogen (secondary N) is 1. The summed E-state index contributed by atoms with van der Waals surface area (Å²) in [5.41, 5.74) is 0. The van der Waals surface area contributed by atoms with Gasteiger partial charge in [0.2, 0.25) is 0 Å². The van der Waals surface area contributed by atoms with Crippen molar-refractivity contribution in [2.75, 3.05) is 6.54 Å². The summed E-state index contributed by atoms with van der Waals surface area (Å²) in [5, 5.41) is 3.83. The molecule has 0 aliphatic heterocycles. The zero-order valence-electron chi connectivity index (χ0n) is 10.5. The molecule has 2 rings (SSSR count). The van der Waals surface area contributed by atoms with Crippen LogP contribution in [0.5, 0.6) is 0 Å². The summed E-state index contributed by atoms with van der Waals surface area (Å²) in [6, 6.07) is 0.833. The summed E-state index contributed by atoms with van der Waals surface area (Å²) in [4.78, 5) is 0. The van der Waals surface area contributed by atoms with Crippen LogP contribution in [0, 0.1) is 17.8 Å². The zero-order valence-corrected chi connectivity index (χ0v) is 10.5. The molecule has 0 aromatic heterocycles. The maximum Gasteiger partial charge on any atom is 0.00928 e. The Bertz CT molecular complexity index is 186. The van der Waals surface area contributed by atoms with Gasteiger partial charge in [0.15, 0.2) is 0 Å². The lowest BCUT2D eigenvalue weighted by Gasteiger charge is -2.30. The molecular weight excluding hydrogens is 182 g/mol. The quantitative estimate of drug-likeness (QED) is 0.729. The van der Waals surface area contributed by atoms with Crippen LogP contribution in [0.4, 0.5) is 0 Å². The fraction of sp³-hybridized carbons (Fsp3) is 1.00. The molecule has 0 aromatic carbocycles. The lowest BCUT2D eigenvalue weighted by molar-refractivity contribution is 0.236. The van der Waals surface area contributed by atoms with E-state index in [4.69, 9.17) is 0 Å². The van der Waals surface area contributed by atoms with E-state index in [0.29, 0.717) is 0 Å². The van der Waals surface area contributed by atoms with Gasteiger partial charge in [0.05, 0.1) is 0 Å². The van der Waals surface area contributed by atoms with E-state index >= 15 is 0 Å². The van der Waals surface area contributed by atoms with Crippen molar-refractivity contribution >= 4 is 0 Å². The Morgan fingerprint density at radius 2 is 1.87 bits per heavy atom. The zero-order chi connectivity index (χ0) is 10.7. The van der Waals surface area contributed by atoms with E-state index in [1.165, 1.54) is 51.5 Å². The van der Waals surface area contributed by atoms with Crippen LogP contribution in [0.25, 0.3) is 0 Å². The molecule has 0 radical (unpaired) electrons. The molecule has 0 saturated heterocycles. The molecule has 0 heterocycles. The van der Waals surface area contributed by atoms with Gasteiger partial charge in [0, 0.05) is 6.04 Å². The normalized spacial score (nSPS) is 34.0. The van der Waals surface area contributed by atoms with Gasteiger partial charge >= 0.3 is 0 Å². The van der Waals surface area contributed by atoms with Crippen LogP contribution >= 0.6 is 0 Å². The van der Waals surface area contributed by atoms with Crippen molar-refractivity contribution in [1.82, 2.24) is 5.32 Å². The number of rotatable bonds is 5. The minimum Gasteiger partial charge on any atom is -0.313 e. The molecule has 2 fully saturated rings. The maximum atomic E-state index is 3.83. The second-order valence-corrected chi connectivity index (χ2v) is 5.78. The molecule has 2 aliphatic rings. The van der Waals surface area contributed by atoms with Crippen molar-refractivity contribution in [3.8, 4) is 0 Å². The minimum atomic E-state index is 0.833. The van der Waals surface area contributed by atoms with Gasteiger partial charge in [-0.15, -0.1) is 0 Å². The van der Waals surface area contributed by atoms with E-state index in [1.54, 1.807) is 0 Å². The van der Waals surface area contributed by atoms with Crippen LogP contribution in [-0.4, -0.2) is 12.6 Å². The number of hydrogen-bond acceptors (Lipinski definition) is 1. The Hall–Kier alpha value is -0.0400. The van der Waals surface area contributed by atoms with E-state index in [-0.39, 0.29) is 0 Å². The van der Waals surface area contributed by atoms with Crippen LogP contribution in [0.3, 0.4) is 0 Å². The van der Waals surface area contributed by atoms with Crippen molar-refractivity contribution in [3.63, 3.8) is 0 Å². The maximum absolute atomic E-state index is 3.83. The van der Waals surface area contributed by atoms with Crippen LogP contribution in [0.15, 0.2) is 0 Å². The van der Waals surface area contributed by atoms with E-state index in [1.807, 2.05) is 0 Å². The van der Waals surface area contributed by atoms with Gasteiger partial charge < -0.3 is 5.32 Å². The molecule has 1 nitrogen and oxygen atoms in total. The molecule has 15 heavy (non-hydrogen) atoms. The smallest absolute Gasteiger partial charge is 0.00928 e. The minimum absolute atomic E-state index is 0.833. The van der Waals surface area contributed by atoms with Gasteiger partial charge in [-0.2, -0.15) is 0 Å². The fourth-order valence-corrected chi connectivity index (χ4v) is 3.14. The lowest BCUT2D eigenvalue weighted by atomic mass is 9.80. The third-order valence-electron chi connectivity index (χ3n) is 4.56. The van der Waals surface area contributed by atoms with Gasteiger partial charge in [0.25, 0.3) is 0 Å². The van der Waals surface area contributed by atoms with Crippen molar-refractivity contribution in [1.29, 1.82) is 0 Å². The molecule has 3 atom stereocenters. The number of hydrogen-bond donors (Lipinski definition) is 1. The average Bonchev–Trinajstić information content (AvgIpc) is 3.06. The van der Waals surface area contributed by atoms with Crippen LogP contribution in [0.1, 0.15) is 58.8 Å². The molecule has 1 N–H and O–H groups in total. The third kappa shape index (κ3) is 3.21. The van der Waals surface area contributed by atoms with Crippen LogP contribution in [0.2, 0.25) is 0 Å². The summed E-state index contributed by atoms with van der Waals surface area (Å²) in [6.45, 7) is 6.07. The first-order valence-corrected chi connectivity index (χ1v) is 7.04. The molecule has 88 valence electrons. The van der Waals surface area contributed by atoms with E-state index < -0.39 is 0 Å².